The Morgan fingerprint density at radius 1 is 1.29 bits per heavy atom. The van der Waals surface area contributed by atoms with Crippen LogP contribution in [0.2, 0.25) is 5.02 Å². The largest absolute Gasteiger partial charge is 0.478 e. The molecule has 7 heteroatoms. The number of rotatable bonds is 8. The fourth-order valence-corrected chi connectivity index (χ4v) is 1.82. The van der Waals surface area contributed by atoms with Gasteiger partial charge in [-0.3, -0.25) is 0 Å². The van der Waals surface area contributed by atoms with Crippen molar-refractivity contribution >= 4 is 29.3 Å². The van der Waals surface area contributed by atoms with Gasteiger partial charge in [0.15, 0.2) is 0 Å². The lowest BCUT2D eigenvalue weighted by molar-refractivity contribution is 0.0697. The van der Waals surface area contributed by atoms with Crippen LogP contribution in [0, 0.1) is 0 Å². The zero-order valence-corrected chi connectivity index (χ0v) is 12.6. The van der Waals surface area contributed by atoms with Crippen molar-refractivity contribution in [3.8, 4) is 0 Å². The number of amides is 2. The summed E-state index contributed by atoms with van der Waals surface area (Å²) < 4.78 is 5.29. The highest BCUT2D eigenvalue weighted by molar-refractivity contribution is 6.31. The average molecular weight is 315 g/mol. The van der Waals surface area contributed by atoms with Gasteiger partial charge < -0.3 is 20.5 Å². The quantitative estimate of drug-likeness (QED) is 0.644. The number of anilines is 1. The predicted molar refractivity (Wildman–Crippen MR) is 81.2 cm³/mol. The van der Waals surface area contributed by atoms with E-state index in [1.54, 1.807) is 0 Å². The molecule has 0 spiro atoms. The topological polar surface area (TPSA) is 87.7 Å². The van der Waals surface area contributed by atoms with Gasteiger partial charge in [-0.05, 0) is 31.0 Å². The number of carbonyl (C=O) groups excluding carboxylic acids is 1. The third-order valence-electron chi connectivity index (χ3n) is 2.50. The number of benzene rings is 1. The van der Waals surface area contributed by atoms with Gasteiger partial charge in [0.2, 0.25) is 0 Å². The molecule has 0 saturated carbocycles. The fourth-order valence-electron chi connectivity index (χ4n) is 1.58. The summed E-state index contributed by atoms with van der Waals surface area (Å²) in [7, 11) is 0. The third-order valence-corrected chi connectivity index (χ3v) is 2.72. The summed E-state index contributed by atoms with van der Waals surface area (Å²) in [5.41, 5.74) is 0.352. The minimum absolute atomic E-state index is 0.0192. The Kier molecular flexibility index (Phi) is 7.56. The number of ether oxygens (including phenoxy) is 1. The normalized spacial score (nSPS) is 10.2. The maximum Gasteiger partial charge on any atom is 0.335 e. The van der Waals surface area contributed by atoms with Crippen LogP contribution in [-0.2, 0) is 4.74 Å². The van der Waals surface area contributed by atoms with E-state index in [9.17, 15) is 9.59 Å². The number of carboxylic acid groups (broad SMARTS) is 1. The van der Waals surface area contributed by atoms with Crippen LogP contribution in [0.4, 0.5) is 10.5 Å². The van der Waals surface area contributed by atoms with Crippen molar-refractivity contribution in [2.75, 3.05) is 25.1 Å². The molecule has 0 heterocycles. The highest BCUT2D eigenvalue weighted by atomic mass is 35.5. The number of urea groups is 1. The molecule has 3 N–H and O–H groups in total. The number of carbonyl (C=O) groups is 2. The molecule has 0 aliphatic rings. The van der Waals surface area contributed by atoms with E-state index in [-0.39, 0.29) is 10.6 Å². The maximum absolute atomic E-state index is 11.6. The average Bonchev–Trinajstić information content (AvgIpc) is 2.42. The van der Waals surface area contributed by atoms with Crippen LogP contribution in [0.25, 0.3) is 0 Å². The lowest BCUT2D eigenvalue weighted by Gasteiger charge is -2.09. The van der Waals surface area contributed by atoms with Gasteiger partial charge in [-0.15, -0.1) is 0 Å². The van der Waals surface area contributed by atoms with Crippen LogP contribution < -0.4 is 10.6 Å². The molecular weight excluding hydrogens is 296 g/mol. The van der Waals surface area contributed by atoms with Crippen molar-refractivity contribution in [3.63, 3.8) is 0 Å². The summed E-state index contributed by atoms with van der Waals surface area (Å²) in [5.74, 6) is -1.10. The number of hydrogen-bond acceptors (Lipinski definition) is 3. The molecule has 0 aliphatic carbocycles. The molecule has 0 aromatic heterocycles. The molecular formula is C14H19ClN2O4. The minimum atomic E-state index is -1.10. The molecule has 1 rings (SSSR count). The van der Waals surface area contributed by atoms with Gasteiger partial charge in [-0.25, -0.2) is 9.59 Å². The van der Waals surface area contributed by atoms with Crippen LogP contribution in [-0.4, -0.2) is 36.9 Å². The van der Waals surface area contributed by atoms with Crippen molar-refractivity contribution in [2.45, 2.75) is 19.8 Å². The Morgan fingerprint density at radius 3 is 2.71 bits per heavy atom. The van der Waals surface area contributed by atoms with Gasteiger partial charge in [0.25, 0.3) is 0 Å². The van der Waals surface area contributed by atoms with Gasteiger partial charge in [0, 0.05) is 30.5 Å². The van der Waals surface area contributed by atoms with Gasteiger partial charge in [-0.2, -0.15) is 0 Å². The first kappa shape index (κ1) is 17.3. The second-order valence-corrected chi connectivity index (χ2v) is 4.82. The predicted octanol–water partition coefficient (Wildman–Crippen LogP) is 2.98. The van der Waals surface area contributed by atoms with E-state index >= 15 is 0 Å². The molecule has 6 nitrogen and oxygen atoms in total. The van der Waals surface area contributed by atoms with E-state index in [0.29, 0.717) is 31.9 Å². The highest BCUT2D eigenvalue weighted by Crippen LogP contribution is 2.19. The third kappa shape index (κ3) is 6.97. The Morgan fingerprint density at radius 2 is 2.05 bits per heavy atom. The number of carboxylic acids is 1. The van der Waals surface area contributed by atoms with E-state index in [4.69, 9.17) is 21.4 Å². The molecule has 1 aromatic rings. The summed E-state index contributed by atoms with van der Waals surface area (Å²) in [6, 6.07) is 3.73. The zero-order chi connectivity index (χ0) is 15.7. The van der Waals surface area contributed by atoms with Crippen LogP contribution in [0.1, 0.15) is 30.1 Å². The number of aromatic carboxylic acids is 1. The Hall–Kier alpha value is -1.79. The summed E-state index contributed by atoms with van der Waals surface area (Å²) >= 11 is 5.80. The zero-order valence-electron chi connectivity index (χ0n) is 11.8. The molecule has 116 valence electrons. The molecule has 2 amide bonds. The number of hydrogen-bond donors (Lipinski definition) is 3. The van der Waals surface area contributed by atoms with Crippen LogP contribution in [0.3, 0.4) is 0 Å². The van der Waals surface area contributed by atoms with Crippen LogP contribution in [0.5, 0.6) is 0 Å². The Balaban J connectivity index is 2.39. The van der Waals surface area contributed by atoms with Gasteiger partial charge >= 0.3 is 12.0 Å². The lowest BCUT2D eigenvalue weighted by atomic mass is 10.2. The van der Waals surface area contributed by atoms with E-state index in [2.05, 4.69) is 10.6 Å². The summed E-state index contributed by atoms with van der Waals surface area (Å²) in [4.78, 5) is 22.5. The number of nitrogens with one attached hydrogen (secondary N) is 2. The van der Waals surface area contributed by atoms with Crippen molar-refractivity contribution in [3.05, 3.63) is 28.8 Å². The van der Waals surface area contributed by atoms with E-state index < -0.39 is 12.0 Å². The molecule has 0 aliphatic heterocycles. The smallest absolute Gasteiger partial charge is 0.335 e. The molecule has 0 unspecified atom stereocenters. The van der Waals surface area contributed by atoms with Crippen LogP contribution in [0.15, 0.2) is 18.2 Å². The molecule has 0 saturated heterocycles. The maximum atomic E-state index is 11.6. The molecule has 0 bridgehead atoms. The number of halogens is 1. The van der Waals surface area contributed by atoms with Gasteiger partial charge in [0.05, 0.1) is 5.56 Å². The standard InChI is InChI=1S/C14H19ClN2O4/c1-2-5-21-6-3-4-16-14(20)17-12-8-10(13(18)19)7-11(15)9-12/h7-9H,2-6H2,1H3,(H,18,19)(H2,16,17,20). The monoisotopic (exact) mass is 314 g/mol. The first-order valence-corrected chi connectivity index (χ1v) is 7.07. The second kappa shape index (κ2) is 9.20. The summed E-state index contributed by atoms with van der Waals surface area (Å²) in [6.07, 6.45) is 1.68. The van der Waals surface area contributed by atoms with Crippen molar-refractivity contribution in [2.24, 2.45) is 0 Å². The van der Waals surface area contributed by atoms with Crippen molar-refractivity contribution < 1.29 is 19.4 Å². The van der Waals surface area contributed by atoms with Gasteiger partial charge in [-0.1, -0.05) is 18.5 Å². The van der Waals surface area contributed by atoms with E-state index in [0.717, 1.165) is 6.42 Å². The SMILES string of the molecule is CCCOCCCNC(=O)Nc1cc(Cl)cc(C(=O)O)c1. The highest BCUT2D eigenvalue weighted by Gasteiger charge is 2.08. The first-order valence-electron chi connectivity index (χ1n) is 6.69. The van der Waals surface area contributed by atoms with E-state index in [1.165, 1.54) is 18.2 Å². The minimum Gasteiger partial charge on any atom is -0.478 e. The Bertz CT molecular complexity index is 494. The first-order chi connectivity index (χ1) is 10.0. The van der Waals surface area contributed by atoms with E-state index in [1.807, 2.05) is 6.92 Å². The van der Waals surface area contributed by atoms with Gasteiger partial charge in [0.1, 0.15) is 0 Å². The van der Waals surface area contributed by atoms with Crippen molar-refractivity contribution in [1.29, 1.82) is 0 Å². The van der Waals surface area contributed by atoms with Crippen LogP contribution >= 0.6 is 11.6 Å². The summed E-state index contributed by atoms with van der Waals surface area (Å²) in [5, 5.41) is 14.4. The fraction of sp³-hybridized carbons (Fsp3) is 0.429. The molecule has 1 aromatic carbocycles. The summed E-state index contributed by atoms with van der Waals surface area (Å²) in [6.45, 7) is 3.81. The Labute approximate surface area is 128 Å². The van der Waals surface area contributed by atoms with Crippen molar-refractivity contribution in [1.82, 2.24) is 5.32 Å². The second-order valence-electron chi connectivity index (χ2n) is 4.38. The molecule has 0 radical (unpaired) electrons. The lowest BCUT2D eigenvalue weighted by Crippen LogP contribution is -2.30. The molecule has 0 atom stereocenters. The molecule has 21 heavy (non-hydrogen) atoms. The molecule has 0 fully saturated rings.